The molecule has 0 aliphatic carbocycles. The summed E-state index contributed by atoms with van der Waals surface area (Å²) in [6.07, 6.45) is 0. The molecular weight excluding hydrogens is 674 g/mol. The van der Waals surface area contributed by atoms with Crippen molar-refractivity contribution < 1.29 is 66.4 Å². The van der Waals surface area contributed by atoms with Gasteiger partial charge in [0, 0.05) is 27.6 Å². The molecule has 7 rings (SSSR count). The normalized spacial score (nSPS) is 11.9. The maximum atomic E-state index is 15.7. The van der Waals surface area contributed by atoms with Crippen molar-refractivity contribution >= 4 is 55.7 Å². The first kappa shape index (κ1) is 31.2. The molecule has 0 aliphatic rings. The Morgan fingerprint density at radius 1 is 0.396 bits per heavy atom. The smallest absolute Gasteiger partial charge is 0.521 e. The second-order valence-electron chi connectivity index (χ2n) is 10.4. The fourth-order valence-corrected chi connectivity index (χ4v) is 5.66. The van der Waals surface area contributed by atoms with E-state index in [4.69, 9.17) is 9.31 Å². The minimum Gasteiger partial charge on any atom is -0.521 e. The maximum Gasteiger partial charge on any atom is 0.639 e. The molecule has 0 saturated heterocycles. The fourth-order valence-electron chi connectivity index (χ4n) is 5.66. The third-order valence-corrected chi connectivity index (χ3v) is 7.75. The molecule has 16 heteroatoms. The molecule has 0 amide bonds. The molecule has 242 valence electrons. The molecule has 0 fully saturated rings. The number of rotatable bonds is 5. The standard InChI is InChI=1S/C32H8BF13O2/c34-10-7-12-16(6-5-13(35)18(12)15(37)8-10)47-33(22-26(41)28(43)30(45)29(44)27(22)42)48-32-11-3-1-9-2-4-14(36)20-17(9)19(11)21(24(39)23(20)38)25(40)31(32)46/h1-8H. The molecule has 0 radical (unpaired) electrons. The van der Waals surface area contributed by atoms with Gasteiger partial charge in [-0.3, -0.25) is 0 Å². The predicted molar refractivity (Wildman–Crippen MR) is 147 cm³/mol. The Hall–Kier alpha value is -5.41. The number of hydrogen-bond donors (Lipinski definition) is 0. The van der Waals surface area contributed by atoms with E-state index in [1.165, 1.54) is 0 Å². The van der Waals surface area contributed by atoms with E-state index in [1.54, 1.807) is 0 Å². The lowest BCUT2D eigenvalue weighted by atomic mass is 9.76. The lowest BCUT2D eigenvalue weighted by Gasteiger charge is -2.22. The van der Waals surface area contributed by atoms with Crippen LogP contribution in [0.1, 0.15) is 0 Å². The Kier molecular flexibility index (Phi) is 7.03. The number of hydrogen-bond acceptors (Lipinski definition) is 2. The lowest BCUT2D eigenvalue weighted by molar-refractivity contribution is 0.373. The van der Waals surface area contributed by atoms with Crippen LogP contribution < -0.4 is 14.8 Å². The molecule has 48 heavy (non-hydrogen) atoms. The summed E-state index contributed by atoms with van der Waals surface area (Å²) in [6.45, 7) is 0. The fraction of sp³-hybridized carbons (Fsp3) is 0. The summed E-state index contributed by atoms with van der Waals surface area (Å²) in [6, 6.07) is 5.66. The van der Waals surface area contributed by atoms with E-state index < -0.39 is 137 Å². The van der Waals surface area contributed by atoms with Gasteiger partial charge in [0.05, 0.1) is 21.6 Å². The summed E-state index contributed by atoms with van der Waals surface area (Å²) in [7, 11) is -3.07. The summed E-state index contributed by atoms with van der Waals surface area (Å²) >= 11 is 0. The Morgan fingerprint density at radius 3 is 1.65 bits per heavy atom. The maximum absolute atomic E-state index is 15.7. The molecule has 0 spiro atoms. The van der Waals surface area contributed by atoms with Crippen molar-refractivity contribution in [1.82, 2.24) is 0 Å². The van der Waals surface area contributed by atoms with Crippen LogP contribution in [-0.4, -0.2) is 7.12 Å². The van der Waals surface area contributed by atoms with E-state index in [9.17, 15) is 35.1 Å². The van der Waals surface area contributed by atoms with Gasteiger partial charge in [0.2, 0.25) is 0 Å². The van der Waals surface area contributed by atoms with Gasteiger partial charge in [-0.05, 0) is 35.7 Å². The first-order valence-corrected chi connectivity index (χ1v) is 13.3. The van der Waals surface area contributed by atoms with Gasteiger partial charge in [-0.25, -0.2) is 52.7 Å². The van der Waals surface area contributed by atoms with Crippen molar-refractivity contribution in [3.8, 4) is 11.5 Å². The van der Waals surface area contributed by atoms with Crippen molar-refractivity contribution in [2.24, 2.45) is 0 Å². The molecule has 2 nitrogen and oxygen atoms in total. The third-order valence-electron chi connectivity index (χ3n) is 7.75. The van der Waals surface area contributed by atoms with Crippen LogP contribution in [0.5, 0.6) is 11.5 Å². The molecule has 0 N–H and O–H groups in total. The number of halogens is 13. The SMILES string of the molecule is Fc1cc(F)c2c(F)ccc(OB(Oc3c(F)c(F)c4c(F)c(F)c5c(F)ccc6ccc3c4c65)c3c(F)c(F)c(F)c(F)c3F)c2c1. The Balaban J connectivity index is 1.54. The Morgan fingerprint density at radius 2 is 0.958 bits per heavy atom. The quantitative estimate of drug-likeness (QED) is 0.0593. The van der Waals surface area contributed by atoms with Crippen LogP contribution in [-0.2, 0) is 0 Å². The lowest BCUT2D eigenvalue weighted by Crippen LogP contribution is -2.48. The first-order valence-electron chi connectivity index (χ1n) is 13.3. The zero-order chi connectivity index (χ0) is 34.5. The van der Waals surface area contributed by atoms with Gasteiger partial charge < -0.3 is 9.31 Å². The van der Waals surface area contributed by atoms with Gasteiger partial charge in [0.15, 0.2) is 52.4 Å². The predicted octanol–water partition coefficient (Wildman–Crippen LogP) is 9.40. The molecule has 0 unspecified atom stereocenters. The monoisotopic (exact) mass is 682 g/mol. The van der Waals surface area contributed by atoms with Crippen molar-refractivity contribution in [1.29, 1.82) is 0 Å². The average Bonchev–Trinajstić information content (AvgIpc) is 3.04. The molecular formula is C32H8BF13O2. The third kappa shape index (κ3) is 4.30. The summed E-state index contributed by atoms with van der Waals surface area (Å²) in [5.41, 5.74) is -1.98. The van der Waals surface area contributed by atoms with Gasteiger partial charge >= 0.3 is 7.12 Å². The van der Waals surface area contributed by atoms with E-state index in [-0.39, 0.29) is 11.5 Å². The Bertz CT molecular complexity index is 2490. The van der Waals surface area contributed by atoms with E-state index in [0.717, 1.165) is 24.3 Å². The highest BCUT2D eigenvalue weighted by atomic mass is 19.2. The summed E-state index contributed by atoms with van der Waals surface area (Å²) in [4.78, 5) is 0. The van der Waals surface area contributed by atoms with Crippen LogP contribution >= 0.6 is 0 Å². The summed E-state index contributed by atoms with van der Waals surface area (Å²) in [5.74, 6) is -29.2. The van der Waals surface area contributed by atoms with Crippen molar-refractivity contribution in [2.75, 3.05) is 0 Å². The molecule has 0 aromatic heterocycles. The van der Waals surface area contributed by atoms with Crippen molar-refractivity contribution in [2.45, 2.75) is 0 Å². The van der Waals surface area contributed by atoms with Crippen molar-refractivity contribution in [3.63, 3.8) is 0 Å². The van der Waals surface area contributed by atoms with Gasteiger partial charge in [-0.2, -0.15) is 4.39 Å². The van der Waals surface area contributed by atoms with Crippen LogP contribution in [0, 0.1) is 75.6 Å². The molecule has 0 heterocycles. The van der Waals surface area contributed by atoms with Crippen molar-refractivity contribution in [3.05, 3.63) is 124 Å². The molecule has 0 saturated carbocycles. The van der Waals surface area contributed by atoms with Crippen LogP contribution in [0.25, 0.3) is 43.1 Å². The van der Waals surface area contributed by atoms with E-state index in [2.05, 4.69) is 0 Å². The minimum absolute atomic E-state index is 0.0332. The highest BCUT2D eigenvalue weighted by molar-refractivity contribution is 6.63. The van der Waals surface area contributed by atoms with E-state index in [1.807, 2.05) is 0 Å². The van der Waals surface area contributed by atoms with Gasteiger partial charge in [0.1, 0.15) is 34.8 Å². The first-order chi connectivity index (χ1) is 22.7. The van der Waals surface area contributed by atoms with Gasteiger partial charge in [0.25, 0.3) is 0 Å². The summed E-state index contributed by atoms with van der Waals surface area (Å²) in [5, 5.41) is -6.12. The van der Waals surface area contributed by atoms with Crippen LogP contribution in [0.3, 0.4) is 0 Å². The summed E-state index contributed by atoms with van der Waals surface area (Å²) < 4.78 is 203. The Labute approximate surface area is 258 Å². The highest BCUT2D eigenvalue weighted by Gasteiger charge is 2.41. The topological polar surface area (TPSA) is 18.5 Å². The highest BCUT2D eigenvalue weighted by Crippen LogP contribution is 2.45. The molecule has 0 atom stereocenters. The van der Waals surface area contributed by atoms with Gasteiger partial charge in [-0.1, -0.05) is 12.1 Å². The molecule has 0 bridgehead atoms. The zero-order valence-electron chi connectivity index (χ0n) is 22.9. The van der Waals surface area contributed by atoms with Crippen LogP contribution in [0.2, 0.25) is 0 Å². The molecule has 7 aromatic carbocycles. The van der Waals surface area contributed by atoms with Crippen LogP contribution in [0.4, 0.5) is 57.1 Å². The average molecular weight is 682 g/mol. The van der Waals surface area contributed by atoms with E-state index in [0.29, 0.717) is 18.2 Å². The zero-order valence-corrected chi connectivity index (χ0v) is 22.9. The minimum atomic E-state index is -3.07. The molecule has 7 aromatic rings. The number of benzene rings is 7. The number of fused-ring (bicyclic) bond motifs is 1. The molecule has 0 aliphatic heterocycles. The largest absolute Gasteiger partial charge is 0.639 e. The second-order valence-corrected chi connectivity index (χ2v) is 10.4. The van der Waals surface area contributed by atoms with E-state index >= 15 is 22.0 Å². The van der Waals surface area contributed by atoms with Crippen LogP contribution in [0.15, 0.2) is 48.5 Å². The second kappa shape index (κ2) is 10.8. The van der Waals surface area contributed by atoms with Gasteiger partial charge in [-0.15, -0.1) is 0 Å².